The minimum absolute atomic E-state index is 0.432. The van der Waals surface area contributed by atoms with Crippen molar-refractivity contribution in [1.29, 1.82) is 0 Å². The molecule has 0 saturated carbocycles. The highest BCUT2D eigenvalue weighted by molar-refractivity contribution is 5.98. The fraction of sp³-hybridized carbons (Fsp3) is 0.455. The Morgan fingerprint density at radius 2 is 1.73 bits per heavy atom. The first kappa shape index (κ1) is 13.1. The molecule has 0 heterocycles. The number of rotatable bonds is 3. The van der Waals surface area contributed by atoms with Crippen molar-refractivity contribution in [3.8, 4) is 24.2 Å². The molecule has 0 aliphatic rings. The third-order valence-electron chi connectivity index (χ3n) is 1.51. The van der Waals surface area contributed by atoms with Crippen molar-refractivity contribution >= 4 is 11.9 Å². The van der Waals surface area contributed by atoms with Gasteiger partial charge >= 0.3 is 11.9 Å². The van der Waals surface area contributed by atoms with Crippen molar-refractivity contribution in [3.63, 3.8) is 0 Å². The van der Waals surface area contributed by atoms with E-state index in [-0.39, 0.29) is 0 Å². The zero-order chi connectivity index (χ0) is 11.7. The molecule has 0 unspecified atom stereocenters. The molecule has 0 atom stereocenters. The van der Waals surface area contributed by atoms with E-state index >= 15 is 0 Å². The number of terminal acetylenes is 1. The minimum atomic E-state index is -1.18. The van der Waals surface area contributed by atoms with Crippen LogP contribution in [-0.2, 0) is 19.1 Å². The lowest BCUT2D eigenvalue weighted by molar-refractivity contribution is -0.155. The Morgan fingerprint density at radius 3 is 2.13 bits per heavy atom. The molecule has 0 rings (SSSR count). The Morgan fingerprint density at radius 1 is 1.20 bits per heavy atom. The normalized spacial score (nSPS) is 8.40. The quantitative estimate of drug-likeness (QED) is 0.291. The standard InChI is InChI=1S/C11H12O4/c1-4-5-6-7-8-9(10(12)14-2)11(13)15-3/h1,9H,5-6H2,2-3H3. The zero-order valence-corrected chi connectivity index (χ0v) is 8.70. The molecule has 0 aliphatic carbocycles. The van der Waals surface area contributed by atoms with Crippen LogP contribution in [0, 0.1) is 30.1 Å². The van der Waals surface area contributed by atoms with Crippen LogP contribution in [0.3, 0.4) is 0 Å². The largest absolute Gasteiger partial charge is 0.468 e. The summed E-state index contributed by atoms with van der Waals surface area (Å²) in [6.45, 7) is 0. The molecule has 0 saturated heterocycles. The average molecular weight is 208 g/mol. The Balaban J connectivity index is 4.50. The molecule has 0 aromatic heterocycles. The van der Waals surface area contributed by atoms with Crippen molar-refractivity contribution in [2.24, 2.45) is 5.92 Å². The van der Waals surface area contributed by atoms with E-state index in [1.807, 2.05) is 0 Å². The Bertz CT molecular complexity index is 311. The molecular formula is C11H12O4. The lowest BCUT2D eigenvalue weighted by Gasteiger charge is -2.04. The number of hydrogen-bond donors (Lipinski definition) is 0. The SMILES string of the molecule is C#CCCC#CC(C(=O)OC)C(=O)OC. The topological polar surface area (TPSA) is 52.6 Å². The van der Waals surface area contributed by atoms with Crippen LogP contribution in [0.4, 0.5) is 0 Å². The summed E-state index contributed by atoms with van der Waals surface area (Å²) in [5.74, 6) is 4.84. The van der Waals surface area contributed by atoms with Gasteiger partial charge in [-0.05, 0) is 0 Å². The average Bonchev–Trinajstić information content (AvgIpc) is 2.27. The molecule has 0 aliphatic heterocycles. The smallest absolute Gasteiger partial charge is 0.332 e. The molecule has 0 radical (unpaired) electrons. The van der Waals surface area contributed by atoms with Gasteiger partial charge in [-0.25, -0.2) is 0 Å². The molecule has 0 amide bonds. The van der Waals surface area contributed by atoms with Crippen LogP contribution in [-0.4, -0.2) is 26.2 Å². The lowest BCUT2D eigenvalue weighted by atomic mass is 10.1. The molecule has 4 nitrogen and oxygen atoms in total. The van der Waals surface area contributed by atoms with Gasteiger partial charge in [-0.1, -0.05) is 5.92 Å². The third-order valence-corrected chi connectivity index (χ3v) is 1.51. The summed E-state index contributed by atoms with van der Waals surface area (Å²) in [7, 11) is 2.36. The predicted octanol–water partition coefficient (Wildman–Crippen LogP) is 0.365. The van der Waals surface area contributed by atoms with Crippen molar-refractivity contribution in [2.75, 3.05) is 14.2 Å². The monoisotopic (exact) mass is 208 g/mol. The van der Waals surface area contributed by atoms with Crippen molar-refractivity contribution in [3.05, 3.63) is 0 Å². The van der Waals surface area contributed by atoms with E-state index < -0.39 is 17.9 Å². The first-order valence-corrected chi connectivity index (χ1v) is 4.24. The van der Waals surface area contributed by atoms with Crippen LogP contribution in [0.25, 0.3) is 0 Å². The highest BCUT2D eigenvalue weighted by atomic mass is 16.5. The number of hydrogen-bond acceptors (Lipinski definition) is 4. The summed E-state index contributed by atoms with van der Waals surface area (Å²) in [5, 5.41) is 0. The van der Waals surface area contributed by atoms with Gasteiger partial charge in [0, 0.05) is 12.8 Å². The molecule has 15 heavy (non-hydrogen) atoms. The van der Waals surface area contributed by atoms with Crippen LogP contribution in [0.5, 0.6) is 0 Å². The first-order chi connectivity index (χ1) is 7.17. The van der Waals surface area contributed by atoms with Crippen LogP contribution < -0.4 is 0 Å². The highest BCUT2D eigenvalue weighted by Gasteiger charge is 2.26. The van der Waals surface area contributed by atoms with E-state index in [4.69, 9.17) is 6.42 Å². The van der Waals surface area contributed by atoms with Crippen LogP contribution in [0.15, 0.2) is 0 Å². The number of unbranched alkanes of at least 4 members (excludes halogenated alkanes) is 1. The number of carbonyl (C=O) groups excluding carboxylic acids is 2. The molecule has 0 bridgehead atoms. The van der Waals surface area contributed by atoms with Gasteiger partial charge in [-0.3, -0.25) is 9.59 Å². The molecule has 0 aromatic carbocycles. The summed E-state index contributed by atoms with van der Waals surface area (Å²) < 4.78 is 8.82. The third kappa shape index (κ3) is 4.73. The van der Waals surface area contributed by atoms with Crippen molar-refractivity contribution < 1.29 is 19.1 Å². The van der Waals surface area contributed by atoms with Crippen molar-refractivity contribution in [2.45, 2.75) is 12.8 Å². The lowest BCUT2D eigenvalue weighted by Crippen LogP contribution is -2.25. The maximum absolute atomic E-state index is 11.1. The van der Waals surface area contributed by atoms with Gasteiger partial charge in [-0.2, -0.15) is 0 Å². The molecular weight excluding hydrogens is 196 g/mol. The summed E-state index contributed by atoms with van der Waals surface area (Å²) in [6.07, 6.45) is 5.92. The van der Waals surface area contributed by atoms with Gasteiger partial charge in [-0.15, -0.1) is 18.3 Å². The Kier molecular flexibility index (Phi) is 6.50. The molecule has 0 N–H and O–H groups in total. The fourth-order valence-corrected chi connectivity index (χ4v) is 0.759. The van der Waals surface area contributed by atoms with E-state index in [1.54, 1.807) is 0 Å². The molecule has 0 fully saturated rings. The predicted molar refractivity (Wildman–Crippen MR) is 53.4 cm³/mol. The van der Waals surface area contributed by atoms with Crippen LogP contribution in [0.1, 0.15) is 12.8 Å². The van der Waals surface area contributed by atoms with Crippen molar-refractivity contribution in [1.82, 2.24) is 0 Å². The minimum Gasteiger partial charge on any atom is -0.468 e. The number of carbonyl (C=O) groups is 2. The van der Waals surface area contributed by atoms with Crippen LogP contribution >= 0.6 is 0 Å². The van der Waals surface area contributed by atoms with Gasteiger partial charge in [0.1, 0.15) is 0 Å². The second-order valence-corrected chi connectivity index (χ2v) is 2.50. The Hall–Kier alpha value is -1.94. The maximum Gasteiger partial charge on any atom is 0.332 e. The van der Waals surface area contributed by atoms with E-state index in [2.05, 4.69) is 27.2 Å². The second kappa shape index (κ2) is 7.46. The van der Waals surface area contributed by atoms with Gasteiger partial charge < -0.3 is 9.47 Å². The van der Waals surface area contributed by atoms with Gasteiger partial charge in [0.25, 0.3) is 0 Å². The van der Waals surface area contributed by atoms with Gasteiger partial charge in [0.05, 0.1) is 14.2 Å². The van der Waals surface area contributed by atoms with E-state index in [0.717, 1.165) is 0 Å². The first-order valence-electron chi connectivity index (χ1n) is 4.24. The zero-order valence-electron chi connectivity index (χ0n) is 8.70. The molecule has 4 heteroatoms. The maximum atomic E-state index is 11.1. The fourth-order valence-electron chi connectivity index (χ4n) is 0.759. The van der Waals surface area contributed by atoms with Gasteiger partial charge in [0.15, 0.2) is 0 Å². The Labute approximate surface area is 88.9 Å². The summed E-state index contributed by atoms with van der Waals surface area (Å²) in [4.78, 5) is 22.2. The van der Waals surface area contributed by atoms with Crippen LogP contribution in [0.2, 0.25) is 0 Å². The second-order valence-electron chi connectivity index (χ2n) is 2.50. The van der Waals surface area contributed by atoms with Gasteiger partial charge in [0.2, 0.25) is 5.92 Å². The van der Waals surface area contributed by atoms with E-state index in [9.17, 15) is 9.59 Å². The summed E-state index contributed by atoms with van der Waals surface area (Å²) in [6, 6.07) is 0. The highest BCUT2D eigenvalue weighted by Crippen LogP contribution is 2.01. The number of esters is 2. The number of ether oxygens (including phenoxy) is 2. The number of methoxy groups -OCH3 is 2. The van der Waals surface area contributed by atoms with E-state index in [1.165, 1.54) is 14.2 Å². The summed E-state index contributed by atoms with van der Waals surface area (Å²) >= 11 is 0. The summed E-state index contributed by atoms with van der Waals surface area (Å²) in [5.41, 5.74) is 0. The molecule has 0 aromatic rings. The molecule has 0 spiro atoms. The van der Waals surface area contributed by atoms with E-state index in [0.29, 0.717) is 12.8 Å². The molecule has 80 valence electrons.